The van der Waals surface area contributed by atoms with Crippen molar-refractivity contribution in [1.29, 1.82) is 0 Å². The molecule has 1 aliphatic rings. The highest BCUT2D eigenvalue weighted by Crippen LogP contribution is 2.30. The topological polar surface area (TPSA) is 31.9 Å². The Kier molecular flexibility index (Phi) is 3.04. The maximum atomic E-state index is 13.5. The molecule has 0 saturated heterocycles. The molecule has 0 amide bonds. The van der Waals surface area contributed by atoms with E-state index in [0.717, 1.165) is 28.6 Å². The minimum atomic E-state index is -0.663. The number of anilines is 1. The van der Waals surface area contributed by atoms with Crippen molar-refractivity contribution < 1.29 is 8.78 Å². The second-order valence-electron chi connectivity index (χ2n) is 5.39. The fourth-order valence-electron chi connectivity index (χ4n) is 2.99. The SMILES string of the molecule is Fc1ccc2[nH]c3c(c2c1)CCN(c1ccc(Cl)c(F)n1)C3. The Bertz CT molecular complexity index is 875. The largest absolute Gasteiger partial charge is 0.357 e. The molecule has 0 aliphatic carbocycles. The minimum Gasteiger partial charge on any atom is -0.357 e. The number of rotatable bonds is 1. The number of fused-ring (bicyclic) bond motifs is 3. The summed E-state index contributed by atoms with van der Waals surface area (Å²) in [6.07, 6.45) is 0.755. The minimum absolute atomic E-state index is 0.0162. The highest BCUT2D eigenvalue weighted by Gasteiger charge is 2.22. The summed E-state index contributed by atoms with van der Waals surface area (Å²) in [4.78, 5) is 9.18. The summed E-state index contributed by atoms with van der Waals surface area (Å²) >= 11 is 5.67. The molecule has 3 aromatic rings. The van der Waals surface area contributed by atoms with E-state index < -0.39 is 5.95 Å². The molecule has 2 aromatic heterocycles. The van der Waals surface area contributed by atoms with E-state index in [1.54, 1.807) is 18.2 Å². The normalized spacial score (nSPS) is 14.4. The van der Waals surface area contributed by atoms with Gasteiger partial charge in [-0.05, 0) is 42.3 Å². The quantitative estimate of drug-likeness (QED) is 0.686. The predicted molar refractivity (Wildman–Crippen MR) is 82.2 cm³/mol. The van der Waals surface area contributed by atoms with E-state index in [1.165, 1.54) is 12.1 Å². The molecule has 0 saturated carbocycles. The first kappa shape index (κ1) is 13.5. The van der Waals surface area contributed by atoms with Crippen molar-refractivity contribution in [2.75, 3.05) is 11.4 Å². The molecule has 3 heterocycles. The summed E-state index contributed by atoms with van der Waals surface area (Å²) in [7, 11) is 0. The molecule has 0 spiro atoms. The zero-order valence-corrected chi connectivity index (χ0v) is 12.3. The highest BCUT2D eigenvalue weighted by molar-refractivity contribution is 6.30. The van der Waals surface area contributed by atoms with Gasteiger partial charge in [0.25, 0.3) is 0 Å². The van der Waals surface area contributed by atoms with Crippen molar-refractivity contribution in [3.8, 4) is 0 Å². The molecule has 0 radical (unpaired) electrons. The molecule has 0 fully saturated rings. The number of nitrogens with one attached hydrogen (secondary N) is 1. The Hall–Kier alpha value is -2.14. The summed E-state index contributed by atoms with van der Waals surface area (Å²) < 4.78 is 26.9. The number of aromatic nitrogens is 2. The Morgan fingerprint density at radius 2 is 2.05 bits per heavy atom. The lowest BCUT2D eigenvalue weighted by Gasteiger charge is -2.28. The highest BCUT2D eigenvalue weighted by atomic mass is 35.5. The number of halogens is 3. The van der Waals surface area contributed by atoms with Crippen LogP contribution in [-0.4, -0.2) is 16.5 Å². The molecule has 1 N–H and O–H groups in total. The predicted octanol–water partition coefficient (Wildman–Crippen LogP) is 4.06. The molecule has 22 heavy (non-hydrogen) atoms. The molecule has 4 rings (SSSR count). The third-order valence-electron chi connectivity index (χ3n) is 4.05. The van der Waals surface area contributed by atoms with Gasteiger partial charge < -0.3 is 9.88 Å². The first-order valence-electron chi connectivity index (χ1n) is 6.98. The number of H-pyrrole nitrogens is 1. The van der Waals surface area contributed by atoms with Gasteiger partial charge in [-0.2, -0.15) is 4.39 Å². The van der Waals surface area contributed by atoms with Gasteiger partial charge in [-0.25, -0.2) is 9.37 Å². The standard InChI is InChI=1S/C16H12ClF2N3/c17-12-2-4-15(21-16(12)19)22-6-5-10-11-7-9(18)1-3-13(11)20-14(10)8-22/h1-4,7,20H,5-6,8H2. The van der Waals surface area contributed by atoms with E-state index in [0.29, 0.717) is 18.9 Å². The molecule has 1 aliphatic heterocycles. The molecule has 3 nitrogen and oxygen atoms in total. The molecule has 1 aromatic carbocycles. The summed E-state index contributed by atoms with van der Waals surface area (Å²) in [5, 5.41) is 0.937. The van der Waals surface area contributed by atoms with Crippen LogP contribution >= 0.6 is 11.6 Å². The fourth-order valence-corrected chi connectivity index (χ4v) is 3.10. The molecule has 6 heteroatoms. The lowest BCUT2D eigenvalue weighted by molar-refractivity contribution is 0.578. The van der Waals surface area contributed by atoms with E-state index in [-0.39, 0.29) is 10.8 Å². The zero-order valence-electron chi connectivity index (χ0n) is 11.5. The van der Waals surface area contributed by atoms with Gasteiger partial charge in [-0.3, -0.25) is 0 Å². The number of pyridine rings is 1. The third-order valence-corrected chi connectivity index (χ3v) is 4.33. The number of aromatic amines is 1. The second-order valence-corrected chi connectivity index (χ2v) is 5.79. The Morgan fingerprint density at radius 3 is 2.86 bits per heavy atom. The van der Waals surface area contributed by atoms with Crippen molar-refractivity contribution in [3.63, 3.8) is 0 Å². The number of hydrogen-bond acceptors (Lipinski definition) is 2. The first-order valence-corrected chi connectivity index (χ1v) is 7.35. The van der Waals surface area contributed by atoms with Crippen molar-refractivity contribution in [1.82, 2.24) is 9.97 Å². The average Bonchev–Trinajstić information content (AvgIpc) is 2.87. The third kappa shape index (κ3) is 2.13. The van der Waals surface area contributed by atoms with Crippen molar-refractivity contribution in [3.05, 3.63) is 58.4 Å². The summed E-state index contributed by atoms with van der Waals surface area (Å²) in [5.74, 6) is -0.348. The van der Waals surface area contributed by atoms with Gasteiger partial charge in [0, 0.05) is 23.1 Å². The Labute approximate surface area is 130 Å². The van der Waals surface area contributed by atoms with E-state index >= 15 is 0 Å². The van der Waals surface area contributed by atoms with Crippen LogP contribution in [0.2, 0.25) is 5.02 Å². The Morgan fingerprint density at radius 1 is 1.18 bits per heavy atom. The zero-order chi connectivity index (χ0) is 15.3. The van der Waals surface area contributed by atoms with Crippen LogP contribution in [0, 0.1) is 11.8 Å². The fraction of sp³-hybridized carbons (Fsp3) is 0.188. The van der Waals surface area contributed by atoms with Crippen molar-refractivity contribution >= 4 is 28.3 Å². The molecular formula is C16H12ClF2N3. The van der Waals surface area contributed by atoms with Gasteiger partial charge >= 0.3 is 0 Å². The maximum absolute atomic E-state index is 13.5. The smallest absolute Gasteiger partial charge is 0.233 e. The van der Waals surface area contributed by atoms with E-state index in [1.807, 2.05) is 4.90 Å². The van der Waals surface area contributed by atoms with Gasteiger partial charge in [0.1, 0.15) is 11.6 Å². The number of benzene rings is 1. The summed E-state index contributed by atoms with van der Waals surface area (Å²) in [6, 6.07) is 7.96. The average molecular weight is 320 g/mol. The van der Waals surface area contributed by atoms with Gasteiger partial charge in [-0.1, -0.05) is 11.6 Å². The van der Waals surface area contributed by atoms with Gasteiger partial charge in [0.15, 0.2) is 0 Å². The van der Waals surface area contributed by atoms with E-state index in [4.69, 9.17) is 11.6 Å². The van der Waals surface area contributed by atoms with Crippen molar-refractivity contribution in [2.24, 2.45) is 0 Å². The first-order chi connectivity index (χ1) is 10.6. The van der Waals surface area contributed by atoms with Crippen LogP contribution in [0.1, 0.15) is 11.3 Å². The monoisotopic (exact) mass is 319 g/mol. The lowest BCUT2D eigenvalue weighted by Crippen LogP contribution is -2.31. The summed E-state index contributed by atoms with van der Waals surface area (Å²) in [6.45, 7) is 1.28. The van der Waals surface area contributed by atoms with Crippen molar-refractivity contribution in [2.45, 2.75) is 13.0 Å². The van der Waals surface area contributed by atoms with Crippen LogP contribution in [0.5, 0.6) is 0 Å². The molecule has 0 bridgehead atoms. The van der Waals surface area contributed by atoms with E-state index in [9.17, 15) is 8.78 Å². The van der Waals surface area contributed by atoms with Crippen LogP contribution in [0.4, 0.5) is 14.6 Å². The van der Waals surface area contributed by atoms with Crippen LogP contribution < -0.4 is 4.90 Å². The molecule has 112 valence electrons. The van der Waals surface area contributed by atoms with Crippen LogP contribution in [0.15, 0.2) is 30.3 Å². The summed E-state index contributed by atoms with van der Waals surface area (Å²) in [5.41, 5.74) is 3.06. The number of nitrogens with zero attached hydrogens (tertiary/aromatic N) is 2. The lowest BCUT2D eigenvalue weighted by atomic mass is 10.0. The van der Waals surface area contributed by atoms with Gasteiger partial charge in [0.05, 0.1) is 11.6 Å². The van der Waals surface area contributed by atoms with Crippen LogP contribution in [0.25, 0.3) is 10.9 Å². The molecular weight excluding hydrogens is 308 g/mol. The van der Waals surface area contributed by atoms with Crippen LogP contribution in [-0.2, 0) is 13.0 Å². The van der Waals surface area contributed by atoms with Gasteiger partial charge in [0.2, 0.25) is 5.95 Å². The second kappa shape index (κ2) is 4.95. The van der Waals surface area contributed by atoms with Crippen LogP contribution in [0.3, 0.4) is 0 Å². The van der Waals surface area contributed by atoms with E-state index in [2.05, 4.69) is 9.97 Å². The Balaban J connectivity index is 1.72. The molecule has 0 unspecified atom stereocenters. The molecule has 0 atom stereocenters. The maximum Gasteiger partial charge on any atom is 0.233 e. The number of hydrogen-bond donors (Lipinski definition) is 1. The van der Waals surface area contributed by atoms with Gasteiger partial charge in [-0.15, -0.1) is 0 Å².